The van der Waals surface area contributed by atoms with Gasteiger partial charge in [0.05, 0.1) is 5.69 Å². The highest BCUT2D eigenvalue weighted by Gasteiger charge is 2.08. The molecule has 1 heterocycles. The number of aromatic nitrogens is 2. The molecular formula is C19H26N4O. The molecule has 1 aromatic heterocycles. The van der Waals surface area contributed by atoms with Crippen molar-refractivity contribution in [3.8, 4) is 11.3 Å². The third-order valence-electron chi connectivity index (χ3n) is 3.93. The van der Waals surface area contributed by atoms with Gasteiger partial charge in [0.25, 0.3) is 0 Å². The summed E-state index contributed by atoms with van der Waals surface area (Å²) in [6.45, 7) is 9.54. The fraction of sp³-hybridized carbons (Fsp3) is 0.421. The Morgan fingerprint density at radius 3 is 2.42 bits per heavy atom. The lowest BCUT2D eigenvalue weighted by molar-refractivity contribution is -0.119. The maximum atomic E-state index is 11.1. The van der Waals surface area contributed by atoms with Gasteiger partial charge in [-0.2, -0.15) is 0 Å². The van der Waals surface area contributed by atoms with Crippen LogP contribution in [0.1, 0.15) is 33.3 Å². The van der Waals surface area contributed by atoms with Crippen molar-refractivity contribution in [1.29, 1.82) is 0 Å². The number of hydrogen-bond donors (Lipinski definition) is 1. The Labute approximate surface area is 144 Å². The molecule has 1 aromatic carbocycles. The first kappa shape index (κ1) is 17.9. The van der Waals surface area contributed by atoms with Crippen LogP contribution in [-0.2, 0) is 11.2 Å². The molecule has 1 N–H and O–H groups in total. The predicted molar refractivity (Wildman–Crippen MR) is 98.0 cm³/mol. The smallest absolute Gasteiger partial charge is 0.225 e. The van der Waals surface area contributed by atoms with Gasteiger partial charge in [-0.15, -0.1) is 0 Å². The summed E-state index contributed by atoms with van der Waals surface area (Å²) in [5.41, 5.74) is 3.19. The average Bonchev–Trinajstić information content (AvgIpc) is 2.56. The molecule has 0 aliphatic carbocycles. The lowest BCUT2D eigenvalue weighted by atomic mass is 10.0. The number of rotatable bonds is 7. The SMILES string of the molecule is CCN(CC)c1nccc(-c2ccc(CC(C)NC(C)=O)cc2)n1. The van der Waals surface area contributed by atoms with Crippen molar-refractivity contribution >= 4 is 11.9 Å². The first-order valence-electron chi connectivity index (χ1n) is 8.47. The highest BCUT2D eigenvalue weighted by molar-refractivity contribution is 5.73. The van der Waals surface area contributed by atoms with Crippen molar-refractivity contribution in [2.75, 3.05) is 18.0 Å². The van der Waals surface area contributed by atoms with Crippen molar-refractivity contribution < 1.29 is 4.79 Å². The van der Waals surface area contributed by atoms with E-state index in [4.69, 9.17) is 0 Å². The minimum Gasteiger partial charge on any atom is -0.354 e. The zero-order valence-corrected chi connectivity index (χ0v) is 14.9. The van der Waals surface area contributed by atoms with Crippen molar-refractivity contribution in [1.82, 2.24) is 15.3 Å². The second kappa shape index (κ2) is 8.43. The lowest BCUT2D eigenvalue weighted by Crippen LogP contribution is -2.31. The second-order valence-corrected chi connectivity index (χ2v) is 5.92. The van der Waals surface area contributed by atoms with E-state index in [0.29, 0.717) is 0 Å². The van der Waals surface area contributed by atoms with E-state index in [1.165, 1.54) is 5.56 Å². The summed E-state index contributed by atoms with van der Waals surface area (Å²) in [6, 6.07) is 10.4. The van der Waals surface area contributed by atoms with Crippen molar-refractivity contribution in [3.05, 3.63) is 42.1 Å². The summed E-state index contributed by atoms with van der Waals surface area (Å²) in [5.74, 6) is 0.768. The standard InChI is InChI=1S/C19H26N4O/c1-5-23(6-2)19-20-12-11-18(22-19)17-9-7-16(8-10-17)13-14(3)21-15(4)24/h7-12,14H,5-6,13H2,1-4H3,(H,21,24). The van der Waals surface area contributed by atoms with E-state index in [1.54, 1.807) is 6.92 Å². The molecule has 1 unspecified atom stereocenters. The van der Waals surface area contributed by atoms with Gasteiger partial charge in [0, 0.05) is 37.8 Å². The summed E-state index contributed by atoms with van der Waals surface area (Å²) in [5, 5.41) is 2.91. The van der Waals surface area contributed by atoms with E-state index in [9.17, 15) is 4.79 Å². The minimum absolute atomic E-state index is 0.00374. The zero-order chi connectivity index (χ0) is 17.5. The van der Waals surface area contributed by atoms with Gasteiger partial charge in [-0.3, -0.25) is 4.79 Å². The van der Waals surface area contributed by atoms with Crippen molar-refractivity contribution in [2.24, 2.45) is 0 Å². The first-order chi connectivity index (χ1) is 11.5. The number of hydrogen-bond acceptors (Lipinski definition) is 4. The molecule has 0 aliphatic heterocycles. The maximum Gasteiger partial charge on any atom is 0.225 e. The molecule has 0 saturated carbocycles. The summed E-state index contributed by atoms with van der Waals surface area (Å²) in [4.78, 5) is 22.3. The van der Waals surface area contributed by atoms with Crippen molar-refractivity contribution in [2.45, 2.75) is 40.2 Å². The van der Waals surface area contributed by atoms with Crippen LogP contribution >= 0.6 is 0 Å². The van der Waals surface area contributed by atoms with Crippen LogP contribution in [0.5, 0.6) is 0 Å². The second-order valence-electron chi connectivity index (χ2n) is 5.92. The maximum absolute atomic E-state index is 11.1. The molecule has 2 rings (SSSR count). The summed E-state index contributed by atoms with van der Waals surface area (Å²) in [6.07, 6.45) is 2.62. The lowest BCUT2D eigenvalue weighted by Gasteiger charge is -2.18. The number of amides is 1. The van der Waals surface area contributed by atoms with Gasteiger partial charge < -0.3 is 10.2 Å². The topological polar surface area (TPSA) is 58.1 Å². The van der Waals surface area contributed by atoms with Crippen LogP contribution in [0, 0.1) is 0 Å². The van der Waals surface area contributed by atoms with Gasteiger partial charge in [0.15, 0.2) is 0 Å². The van der Waals surface area contributed by atoms with Gasteiger partial charge in [0.2, 0.25) is 11.9 Å². The molecule has 0 radical (unpaired) electrons. The van der Waals surface area contributed by atoms with Gasteiger partial charge in [-0.05, 0) is 38.8 Å². The van der Waals surface area contributed by atoms with Crippen LogP contribution < -0.4 is 10.2 Å². The van der Waals surface area contributed by atoms with E-state index < -0.39 is 0 Å². The Morgan fingerprint density at radius 2 is 1.83 bits per heavy atom. The van der Waals surface area contributed by atoms with Crippen LogP contribution in [0.15, 0.2) is 36.5 Å². The molecule has 5 heteroatoms. The molecule has 0 aliphatic rings. The molecule has 24 heavy (non-hydrogen) atoms. The number of carbonyl (C=O) groups is 1. The molecule has 1 atom stereocenters. The molecule has 1 amide bonds. The van der Waals surface area contributed by atoms with Gasteiger partial charge in [-0.25, -0.2) is 9.97 Å². The van der Waals surface area contributed by atoms with Gasteiger partial charge in [-0.1, -0.05) is 24.3 Å². The molecule has 0 saturated heterocycles. The fourth-order valence-corrected chi connectivity index (χ4v) is 2.73. The number of anilines is 1. The molecule has 0 fully saturated rings. The molecule has 5 nitrogen and oxygen atoms in total. The quantitative estimate of drug-likeness (QED) is 0.849. The van der Waals surface area contributed by atoms with E-state index in [0.717, 1.165) is 36.7 Å². The van der Waals surface area contributed by atoms with Crippen LogP contribution in [0.3, 0.4) is 0 Å². The van der Waals surface area contributed by atoms with E-state index in [2.05, 4.69) is 58.3 Å². The Kier molecular flexibility index (Phi) is 6.29. The summed E-state index contributed by atoms with van der Waals surface area (Å²) >= 11 is 0. The van der Waals surface area contributed by atoms with E-state index >= 15 is 0 Å². The number of carbonyl (C=O) groups excluding carboxylic acids is 1. The number of nitrogens with zero attached hydrogens (tertiary/aromatic N) is 3. The normalized spacial score (nSPS) is 11.8. The number of nitrogens with one attached hydrogen (secondary N) is 1. The van der Waals surface area contributed by atoms with Crippen LogP contribution in [-0.4, -0.2) is 35.0 Å². The molecular weight excluding hydrogens is 300 g/mol. The molecule has 128 valence electrons. The van der Waals surface area contributed by atoms with E-state index in [1.807, 2.05) is 19.2 Å². The first-order valence-corrected chi connectivity index (χ1v) is 8.47. The van der Waals surface area contributed by atoms with Crippen molar-refractivity contribution in [3.63, 3.8) is 0 Å². The van der Waals surface area contributed by atoms with Gasteiger partial charge in [0.1, 0.15) is 0 Å². The highest BCUT2D eigenvalue weighted by atomic mass is 16.1. The summed E-state index contributed by atoms with van der Waals surface area (Å²) in [7, 11) is 0. The van der Waals surface area contributed by atoms with Crippen LogP contribution in [0.2, 0.25) is 0 Å². The molecule has 0 bridgehead atoms. The third-order valence-corrected chi connectivity index (χ3v) is 3.93. The average molecular weight is 326 g/mol. The largest absolute Gasteiger partial charge is 0.354 e. The van der Waals surface area contributed by atoms with Gasteiger partial charge >= 0.3 is 0 Å². The third kappa shape index (κ3) is 4.78. The minimum atomic E-state index is 0.00374. The Balaban J connectivity index is 2.13. The zero-order valence-electron chi connectivity index (χ0n) is 14.9. The van der Waals surface area contributed by atoms with E-state index in [-0.39, 0.29) is 11.9 Å². The van der Waals surface area contributed by atoms with Crippen LogP contribution in [0.25, 0.3) is 11.3 Å². The number of benzene rings is 1. The Hall–Kier alpha value is -2.43. The molecule has 2 aromatic rings. The predicted octanol–water partition coefficient (Wildman–Crippen LogP) is 3.06. The van der Waals surface area contributed by atoms with Crippen LogP contribution in [0.4, 0.5) is 5.95 Å². The Morgan fingerprint density at radius 1 is 1.17 bits per heavy atom. The fourth-order valence-electron chi connectivity index (χ4n) is 2.73. The highest BCUT2D eigenvalue weighted by Crippen LogP contribution is 2.20. The molecule has 0 spiro atoms. The monoisotopic (exact) mass is 326 g/mol. The summed E-state index contributed by atoms with van der Waals surface area (Å²) < 4.78 is 0. The Bertz CT molecular complexity index is 665.